The number of halogens is 1. The predicted octanol–water partition coefficient (Wildman–Crippen LogP) is 5.85. The van der Waals surface area contributed by atoms with Crippen molar-refractivity contribution < 1.29 is 9.53 Å². The first-order valence-corrected chi connectivity index (χ1v) is 13.3. The highest BCUT2D eigenvalue weighted by Crippen LogP contribution is 2.36. The molecule has 2 aromatic carbocycles. The second-order valence-electron chi connectivity index (χ2n) is 8.81. The standard InChI is InChI=1S/C27H27ClN4O3S/c1-2-35-27(34)32-12-9-20(10-13-32)30-23-16-24(33)31-22-8-5-18(15-21(22)23)25(26-29-11-14-36-26)17-3-6-19(28)7-4-17/h3-8,11,14-16,20,25H,2,9-10,12-13H2,1H3,(H2,30,31,33). The maximum Gasteiger partial charge on any atom is 0.409 e. The highest BCUT2D eigenvalue weighted by Gasteiger charge is 2.25. The van der Waals surface area contributed by atoms with Crippen molar-refractivity contribution >= 4 is 45.6 Å². The number of aromatic nitrogens is 2. The lowest BCUT2D eigenvalue weighted by Crippen LogP contribution is -2.42. The fraction of sp³-hybridized carbons (Fsp3) is 0.296. The van der Waals surface area contributed by atoms with Crippen LogP contribution in [0.5, 0.6) is 0 Å². The number of likely N-dealkylation sites (tertiary alicyclic amines) is 1. The molecule has 36 heavy (non-hydrogen) atoms. The van der Waals surface area contributed by atoms with Crippen LogP contribution in [-0.2, 0) is 4.74 Å². The van der Waals surface area contributed by atoms with Gasteiger partial charge in [0, 0.05) is 52.9 Å². The number of carbonyl (C=O) groups excluding carboxylic acids is 1. The molecule has 5 rings (SSSR count). The lowest BCUT2D eigenvalue weighted by atomic mass is 9.90. The largest absolute Gasteiger partial charge is 0.450 e. The number of fused-ring (bicyclic) bond motifs is 1. The minimum absolute atomic E-state index is 0.0562. The van der Waals surface area contributed by atoms with Gasteiger partial charge < -0.3 is 19.9 Å². The normalized spacial score (nSPS) is 15.1. The van der Waals surface area contributed by atoms with Gasteiger partial charge in [0.15, 0.2) is 0 Å². The number of aromatic amines is 1. The van der Waals surface area contributed by atoms with Crippen LogP contribution in [0.3, 0.4) is 0 Å². The van der Waals surface area contributed by atoms with Gasteiger partial charge in [-0.3, -0.25) is 4.79 Å². The lowest BCUT2D eigenvalue weighted by Gasteiger charge is -2.32. The summed E-state index contributed by atoms with van der Waals surface area (Å²) >= 11 is 7.76. The third-order valence-electron chi connectivity index (χ3n) is 6.48. The second-order valence-corrected chi connectivity index (χ2v) is 10.2. The molecule has 0 bridgehead atoms. The molecule has 1 atom stereocenters. The Balaban J connectivity index is 1.46. The predicted molar refractivity (Wildman–Crippen MR) is 144 cm³/mol. The third-order valence-corrected chi connectivity index (χ3v) is 7.58. The van der Waals surface area contributed by atoms with Gasteiger partial charge in [0.1, 0.15) is 5.01 Å². The van der Waals surface area contributed by atoms with Crippen LogP contribution in [0.2, 0.25) is 5.02 Å². The van der Waals surface area contributed by atoms with Crippen molar-refractivity contribution in [1.29, 1.82) is 0 Å². The van der Waals surface area contributed by atoms with Crippen molar-refractivity contribution in [2.75, 3.05) is 25.0 Å². The Labute approximate surface area is 218 Å². The number of carbonyl (C=O) groups is 1. The maximum absolute atomic E-state index is 12.4. The quantitative estimate of drug-likeness (QED) is 0.331. The Kier molecular flexibility index (Phi) is 7.25. The maximum atomic E-state index is 12.4. The number of amides is 1. The van der Waals surface area contributed by atoms with E-state index in [1.165, 1.54) is 0 Å². The van der Waals surface area contributed by atoms with Gasteiger partial charge >= 0.3 is 6.09 Å². The SMILES string of the molecule is CCOC(=O)N1CCC(Nc2cc(=O)[nH]c3ccc(C(c4ccc(Cl)cc4)c4nccs4)cc23)CC1. The lowest BCUT2D eigenvalue weighted by molar-refractivity contribution is 0.0983. The Morgan fingerprint density at radius 2 is 1.94 bits per heavy atom. The summed E-state index contributed by atoms with van der Waals surface area (Å²) in [6, 6.07) is 15.7. The molecule has 1 aliphatic heterocycles. The van der Waals surface area contributed by atoms with Crippen LogP contribution in [0.4, 0.5) is 10.5 Å². The second kappa shape index (κ2) is 10.7. The first kappa shape index (κ1) is 24.3. The molecular formula is C27H27ClN4O3S. The smallest absolute Gasteiger partial charge is 0.409 e. The van der Waals surface area contributed by atoms with E-state index in [4.69, 9.17) is 16.3 Å². The van der Waals surface area contributed by atoms with Gasteiger partial charge in [-0.15, -0.1) is 11.3 Å². The van der Waals surface area contributed by atoms with Crippen LogP contribution >= 0.6 is 22.9 Å². The van der Waals surface area contributed by atoms with E-state index in [2.05, 4.69) is 21.4 Å². The average Bonchev–Trinajstić information content (AvgIpc) is 3.40. The van der Waals surface area contributed by atoms with Crippen molar-refractivity contribution in [1.82, 2.24) is 14.9 Å². The fourth-order valence-electron chi connectivity index (χ4n) is 4.72. The molecule has 1 saturated heterocycles. The van der Waals surface area contributed by atoms with Crippen molar-refractivity contribution in [3.63, 3.8) is 0 Å². The number of piperidine rings is 1. The number of benzene rings is 2. The summed E-state index contributed by atoms with van der Waals surface area (Å²) in [6.07, 6.45) is 3.10. The first-order valence-electron chi connectivity index (χ1n) is 12.0. The van der Waals surface area contributed by atoms with Gasteiger partial charge in [0.25, 0.3) is 0 Å². The molecule has 2 aromatic heterocycles. The van der Waals surface area contributed by atoms with Crippen LogP contribution in [0.15, 0.2) is 64.9 Å². The zero-order valence-corrected chi connectivity index (χ0v) is 21.4. The number of pyridine rings is 1. The van der Waals surface area contributed by atoms with Gasteiger partial charge in [0.2, 0.25) is 5.56 Å². The van der Waals surface area contributed by atoms with Crippen LogP contribution in [0, 0.1) is 0 Å². The minimum atomic E-state index is -0.266. The molecular weight excluding hydrogens is 496 g/mol. The van der Waals surface area contributed by atoms with Crippen LogP contribution in [0.1, 0.15) is 41.8 Å². The average molecular weight is 523 g/mol. The van der Waals surface area contributed by atoms with Crippen LogP contribution in [0.25, 0.3) is 10.9 Å². The molecule has 1 unspecified atom stereocenters. The summed E-state index contributed by atoms with van der Waals surface area (Å²) < 4.78 is 5.13. The summed E-state index contributed by atoms with van der Waals surface area (Å²) in [7, 11) is 0. The number of hydrogen-bond acceptors (Lipinski definition) is 6. The number of thiazole rings is 1. The van der Waals surface area contributed by atoms with Gasteiger partial charge in [-0.2, -0.15) is 0 Å². The number of hydrogen-bond donors (Lipinski definition) is 2. The topological polar surface area (TPSA) is 87.3 Å². The number of nitrogens with one attached hydrogen (secondary N) is 2. The van der Waals surface area contributed by atoms with Crippen molar-refractivity contribution in [2.45, 2.75) is 31.7 Å². The summed E-state index contributed by atoms with van der Waals surface area (Å²) in [6.45, 7) is 3.41. The molecule has 186 valence electrons. The van der Waals surface area contributed by atoms with E-state index in [9.17, 15) is 9.59 Å². The van der Waals surface area contributed by atoms with Gasteiger partial charge in [-0.05, 0) is 55.2 Å². The Bertz CT molecular complexity index is 1400. The Hall–Kier alpha value is -3.36. The van der Waals surface area contributed by atoms with Gasteiger partial charge in [0.05, 0.1) is 18.0 Å². The Morgan fingerprint density at radius 3 is 2.64 bits per heavy atom. The Morgan fingerprint density at radius 1 is 1.19 bits per heavy atom. The summed E-state index contributed by atoms with van der Waals surface area (Å²) in [4.78, 5) is 33.8. The third kappa shape index (κ3) is 5.24. The van der Waals surface area contributed by atoms with Crippen molar-refractivity contribution in [3.8, 4) is 0 Å². The summed E-state index contributed by atoms with van der Waals surface area (Å²) in [5, 5.41) is 8.17. The molecule has 1 aliphatic rings. The van der Waals surface area contributed by atoms with E-state index in [1.54, 1.807) is 22.3 Å². The monoisotopic (exact) mass is 522 g/mol. The van der Waals surface area contributed by atoms with E-state index in [1.807, 2.05) is 54.9 Å². The first-order chi connectivity index (χ1) is 17.5. The molecule has 9 heteroatoms. The molecule has 0 radical (unpaired) electrons. The molecule has 4 aromatic rings. The summed E-state index contributed by atoms with van der Waals surface area (Å²) in [5.74, 6) is -0.0562. The molecule has 0 aliphatic carbocycles. The number of ether oxygens (including phenoxy) is 1. The van der Waals surface area contributed by atoms with Gasteiger partial charge in [-0.25, -0.2) is 9.78 Å². The molecule has 2 N–H and O–H groups in total. The van der Waals surface area contributed by atoms with Crippen molar-refractivity contribution in [2.24, 2.45) is 0 Å². The van der Waals surface area contributed by atoms with Crippen LogP contribution in [-0.4, -0.2) is 46.7 Å². The number of nitrogens with zero attached hydrogens (tertiary/aromatic N) is 2. The number of anilines is 1. The molecule has 1 amide bonds. The van der Waals surface area contributed by atoms with E-state index in [-0.39, 0.29) is 23.6 Å². The summed E-state index contributed by atoms with van der Waals surface area (Å²) in [5.41, 5.74) is 3.58. The van der Waals surface area contributed by atoms with Crippen molar-refractivity contribution in [3.05, 3.63) is 91.6 Å². The minimum Gasteiger partial charge on any atom is -0.450 e. The molecule has 0 saturated carbocycles. The number of rotatable bonds is 6. The van der Waals surface area contributed by atoms with E-state index in [0.717, 1.165) is 45.6 Å². The highest BCUT2D eigenvalue weighted by molar-refractivity contribution is 7.09. The highest BCUT2D eigenvalue weighted by atomic mass is 35.5. The molecule has 7 nitrogen and oxygen atoms in total. The molecule has 1 fully saturated rings. The molecule has 0 spiro atoms. The fourth-order valence-corrected chi connectivity index (χ4v) is 5.64. The van der Waals surface area contributed by atoms with E-state index < -0.39 is 0 Å². The van der Waals surface area contributed by atoms with Crippen LogP contribution < -0.4 is 10.9 Å². The molecule has 3 heterocycles. The van der Waals surface area contributed by atoms with E-state index in [0.29, 0.717) is 24.7 Å². The van der Waals surface area contributed by atoms with E-state index >= 15 is 0 Å². The zero-order valence-electron chi connectivity index (χ0n) is 19.9. The number of H-pyrrole nitrogens is 1. The zero-order chi connectivity index (χ0) is 25.1. The van der Waals surface area contributed by atoms with Gasteiger partial charge in [-0.1, -0.05) is 29.8 Å².